The van der Waals surface area contributed by atoms with E-state index in [4.69, 9.17) is 4.74 Å². The Balaban J connectivity index is 1.78. The van der Waals surface area contributed by atoms with E-state index in [9.17, 15) is 4.79 Å². The van der Waals surface area contributed by atoms with Crippen LogP contribution in [0, 0.1) is 12.3 Å². The lowest BCUT2D eigenvalue weighted by Gasteiger charge is -2.38. The highest BCUT2D eigenvalue weighted by molar-refractivity contribution is 5.91. The van der Waals surface area contributed by atoms with Crippen molar-refractivity contribution < 1.29 is 9.53 Å². The van der Waals surface area contributed by atoms with Crippen molar-refractivity contribution in [1.82, 2.24) is 9.78 Å². The van der Waals surface area contributed by atoms with Gasteiger partial charge in [0.15, 0.2) is 0 Å². The number of fused-ring (bicyclic) bond motifs is 5. The summed E-state index contributed by atoms with van der Waals surface area (Å²) in [6, 6.07) is 8.43. The van der Waals surface area contributed by atoms with Crippen LogP contribution in [0.5, 0.6) is 0 Å². The summed E-state index contributed by atoms with van der Waals surface area (Å²) in [4.78, 5) is 12.8. The van der Waals surface area contributed by atoms with Gasteiger partial charge in [-0.3, -0.25) is 4.68 Å². The highest BCUT2D eigenvalue weighted by Gasteiger charge is 2.64. The van der Waals surface area contributed by atoms with Crippen molar-refractivity contribution in [1.29, 1.82) is 0 Å². The smallest absolute Gasteiger partial charge is 0.342 e. The number of nitrogens with zero attached hydrogens (tertiary/aromatic N) is 2. The molecule has 2 unspecified atom stereocenters. The zero-order chi connectivity index (χ0) is 16.4. The van der Waals surface area contributed by atoms with Crippen LogP contribution in [0.15, 0.2) is 30.5 Å². The molecule has 0 N–H and O–H groups in total. The molecule has 0 spiro atoms. The first-order chi connectivity index (χ1) is 10.9. The Morgan fingerprint density at radius 3 is 2.78 bits per heavy atom. The van der Waals surface area contributed by atoms with Gasteiger partial charge in [-0.05, 0) is 36.8 Å². The Morgan fingerprint density at radius 2 is 2.09 bits per heavy atom. The van der Waals surface area contributed by atoms with Crippen LogP contribution in [0.25, 0.3) is 0 Å². The Morgan fingerprint density at radius 1 is 1.35 bits per heavy atom. The van der Waals surface area contributed by atoms with Crippen LogP contribution in [0.2, 0.25) is 0 Å². The van der Waals surface area contributed by atoms with Gasteiger partial charge in [0.25, 0.3) is 0 Å². The van der Waals surface area contributed by atoms with Gasteiger partial charge in [-0.2, -0.15) is 5.10 Å². The SMILES string of the molecule is Cc1nn(C)cc1C(=O)OC12CCC(c3ccccc31)C2(C)C. The first-order valence-electron chi connectivity index (χ1n) is 8.20. The molecule has 2 aliphatic rings. The summed E-state index contributed by atoms with van der Waals surface area (Å²) in [5, 5.41) is 4.26. The molecule has 1 fully saturated rings. The third-order valence-electron chi connectivity index (χ3n) is 5.97. The maximum atomic E-state index is 12.8. The molecule has 0 saturated heterocycles. The van der Waals surface area contributed by atoms with Crippen molar-refractivity contribution in [3.63, 3.8) is 0 Å². The molecule has 120 valence electrons. The van der Waals surface area contributed by atoms with Gasteiger partial charge in [-0.25, -0.2) is 4.79 Å². The molecule has 2 bridgehead atoms. The van der Waals surface area contributed by atoms with Crippen LogP contribution < -0.4 is 0 Å². The second-order valence-corrected chi connectivity index (χ2v) is 7.42. The molecule has 1 aromatic carbocycles. The molecule has 0 radical (unpaired) electrons. The Labute approximate surface area is 136 Å². The maximum absolute atomic E-state index is 12.8. The quantitative estimate of drug-likeness (QED) is 0.794. The first-order valence-corrected chi connectivity index (χ1v) is 8.20. The third-order valence-corrected chi connectivity index (χ3v) is 5.97. The molecule has 1 heterocycles. The molecule has 2 aromatic rings. The number of carbonyl (C=O) groups excluding carboxylic acids is 1. The second kappa shape index (κ2) is 4.47. The normalized spacial score (nSPS) is 27.0. The van der Waals surface area contributed by atoms with Crippen LogP contribution >= 0.6 is 0 Å². The van der Waals surface area contributed by atoms with Gasteiger partial charge in [-0.1, -0.05) is 38.1 Å². The minimum absolute atomic E-state index is 0.0809. The van der Waals surface area contributed by atoms with Gasteiger partial charge in [0.05, 0.1) is 5.69 Å². The fourth-order valence-corrected chi connectivity index (χ4v) is 4.76. The average Bonchev–Trinajstić information content (AvgIpc) is 3.03. The summed E-state index contributed by atoms with van der Waals surface area (Å²) >= 11 is 0. The first kappa shape index (κ1) is 14.5. The van der Waals surface area contributed by atoms with E-state index in [1.54, 1.807) is 10.9 Å². The fraction of sp³-hybridized carbons (Fsp3) is 0.474. The average molecular weight is 310 g/mol. The van der Waals surface area contributed by atoms with Gasteiger partial charge < -0.3 is 4.74 Å². The van der Waals surface area contributed by atoms with E-state index in [1.165, 1.54) is 11.1 Å². The van der Waals surface area contributed by atoms with Crippen molar-refractivity contribution in [3.8, 4) is 0 Å². The fourth-order valence-electron chi connectivity index (χ4n) is 4.76. The highest BCUT2D eigenvalue weighted by Crippen LogP contribution is 2.68. The Kier molecular flexibility index (Phi) is 2.81. The molecule has 1 saturated carbocycles. The van der Waals surface area contributed by atoms with Crippen molar-refractivity contribution in [3.05, 3.63) is 52.8 Å². The van der Waals surface area contributed by atoms with E-state index in [2.05, 4.69) is 37.1 Å². The minimum atomic E-state index is -0.520. The summed E-state index contributed by atoms with van der Waals surface area (Å²) in [7, 11) is 1.82. The lowest BCUT2D eigenvalue weighted by Crippen LogP contribution is -2.39. The largest absolute Gasteiger partial charge is 0.450 e. The van der Waals surface area contributed by atoms with Crippen LogP contribution in [0.4, 0.5) is 0 Å². The van der Waals surface area contributed by atoms with E-state index in [1.807, 2.05) is 20.0 Å². The summed E-state index contributed by atoms with van der Waals surface area (Å²) in [6.07, 6.45) is 3.71. The zero-order valence-corrected chi connectivity index (χ0v) is 14.1. The molecule has 0 amide bonds. The topological polar surface area (TPSA) is 44.1 Å². The van der Waals surface area contributed by atoms with Crippen molar-refractivity contribution in [2.24, 2.45) is 12.5 Å². The summed E-state index contributed by atoms with van der Waals surface area (Å²) in [5.74, 6) is 0.197. The van der Waals surface area contributed by atoms with Gasteiger partial charge in [0.1, 0.15) is 11.2 Å². The summed E-state index contributed by atoms with van der Waals surface area (Å²) < 4.78 is 7.88. The molecule has 4 rings (SSSR count). The highest BCUT2D eigenvalue weighted by atomic mass is 16.6. The number of ether oxygens (including phenoxy) is 1. The Hall–Kier alpha value is -2.10. The van der Waals surface area contributed by atoms with E-state index >= 15 is 0 Å². The molecular formula is C19H22N2O2. The molecule has 0 aliphatic heterocycles. The minimum Gasteiger partial charge on any atom is -0.450 e. The number of esters is 1. The predicted octanol–water partition coefficient (Wildman–Crippen LogP) is 3.70. The predicted molar refractivity (Wildman–Crippen MR) is 87.2 cm³/mol. The number of rotatable bonds is 2. The molecular weight excluding hydrogens is 288 g/mol. The van der Waals surface area contributed by atoms with E-state index in [-0.39, 0.29) is 11.4 Å². The van der Waals surface area contributed by atoms with Crippen LogP contribution in [-0.4, -0.2) is 15.7 Å². The number of aryl methyl sites for hydroxylation is 2. The van der Waals surface area contributed by atoms with E-state index < -0.39 is 5.60 Å². The van der Waals surface area contributed by atoms with Gasteiger partial charge in [-0.15, -0.1) is 0 Å². The van der Waals surface area contributed by atoms with Crippen molar-refractivity contribution in [2.45, 2.75) is 45.1 Å². The molecule has 2 aliphatic carbocycles. The van der Waals surface area contributed by atoms with Crippen molar-refractivity contribution in [2.75, 3.05) is 0 Å². The summed E-state index contributed by atoms with van der Waals surface area (Å²) in [6.45, 7) is 6.31. The van der Waals surface area contributed by atoms with Gasteiger partial charge in [0.2, 0.25) is 0 Å². The molecule has 2 atom stereocenters. The van der Waals surface area contributed by atoms with Crippen LogP contribution in [-0.2, 0) is 17.4 Å². The molecule has 1 aromatic heterocycles. The van der Waals surface area contributed by atoms with Crippen LogP contribution in [0.1, 0.15) is 59.8 Å². The monoisotopic (exact) mass is 310 g/mol. The number of aromatic nitrogens is 2. The zero-order valence-electron chi connectivity index (χ0n) is 14.1. The number of hydrogen-bond donors (Lipinski definition) is 0. The second-order valence-electron chi connectivity index (χ2n) is 7.42. The van der Waals surface area contributed by atoms with E-state index in [0.29, 0.717) is 17.2 Å². The lowest BCUT2D eigenvalue weighted by molar-refractivity contribution is -0.0683. The molecule has 23 heavy (non-hydrogen) atoms. The maximum Gasteiger partial charge on any atom is 0.342 e. The Bertz CT molecular complexity index is 805. The number of benzene rings is 1. The lowest BCUT2D eigenvalue weighted by atomic mass is 9.76. The summed E-state index contributed by atoms with van der Waals surface area (Å²) in [5.41, 5.74) is 3.21. The van der Waals surface area contributed by atoms with Gasteiger partial charge in [0, 0.05) is 18.7 Å². The van der Waals surface area contributed by atoms with Gasteiger partial charge >= 0.3 is 5.97 Å². The third kappa shape index (κ3) is 1.72. The molecule has 4 nitrogen and oxygen atoms in total. The molecule has 4 heteroatoms. The number of hydrogen-bond acceptors (Lipinski definition) is 3. The number of carbonyl (C=O) groups is 1. The van der Waals surface area contributed by atoms with Crippen molar-refractivity contribution >= 4 is 5.97 Å². The standard InChI is InChI=1S/C19H22N2O2/c1-12-14(11-21(4)20-12)17(22)23-19-10-9-15(18(19,2)3)13-7-5-6-8-16(13)19/h5-8,11,15H,9-10H2,1-4H3. The van der Waals surface area contributed by atoms with E-state index in [0.717, 1.165) is 12.8 Å². The van der Waals surface area contributed by atoms with Crippen LogP contribution in [0.3, 0.4) is 0 Å².